The van der Waals surface area contributed by atoms with Crippen molar-refractivity contribution in [2.75, 3.05) is 38.4 Å². The fourth-order valence-corrected chi connectivity index (χ4v) is 5.22. The first-order valence-electron chi connectivity index (χ1n) is 14.4. The number of nitrogen functional groups attached to an aromatic ring is 1. The van der Waals surface area contributed by atoms with E-state index in [9.17, 15) is 14.8 Å². The number of nitrogens with two attached hydrogens (primary N) is 1. The Morgan fingerprint density at radius 3 is 2.47 bits per heavy atom. The number of amides is 1. The van der Waals surface area contributed by atoms with Gasteiger partial charge < -0.3 is 30.0 Å². The lowest BCUT2D eigenvalue weighted by atomic mass is 10.2. The molecule has 2 N–H and O–H groups in total. The Morgan fingerprint density at radius 2 is 1.78 bits per heavy atom. The second-order valence-electron chi connectivity index (χ2n) is 11.0. The van der Waals surface area contributed by atoms with Crippen LogP contribution in [0, 0.1) is 5.21 Å². The van der Waals surface area contributed by atoms with Gasteiger partial charge in [0.05, 0.1) is 38.1 Å². The van der Waals surface area contributed by atoms with Crippen molar-refractivity contribution in [2.24, 2.45) is 0 Å². The average molecular weight is 608 g/mol. The smallest absolute Gasteiger partial charge is 0.339 e. The molecule has 2 heterocycles. The van der Waals surface area contributed by atoms with Crippen LogP contribution in [0.25, 0.3) is 22.5 Å². The van der Waals surface area contributed by atoms with Crippen LogP contribution < -0.4 is 25.8 Å². The molecule has 0 saturated heterocycles. The zero-order valence-electron chi connectivity index (χ0n) is 25.2. The molecule has 1 saturated carbocycles. The fraction of sp³-hybridized carbons (Fsp3) is 0.212. The van der Waals surface area contributed by atoms with Gasteiger partial charge in [-0.05, 0) is 60.7 Å². The summed E-state index contributed by atoms with van der Waals surface area (Å²) in [7, 11) is 4.74. The van der Waals surface area contributed by atoms with Crippen LogP contribution in [0.1, 0.15) is 12.8 Å². The van der Waals surface area contributed by atoms with Gasteiger partial charge in [-0.2, -0.15) is 0 Å². The molecule has 1 aliphatic rings. The number of methoxy groups -OCH3 is 1. The average Bonchev–Trinajstić information content (AvgIpc) is 3.86. The molecule has 0 aliphatic heterocycles. The second kappa shape index (κ2) is 11.9. The third-order valence-electron chi connectivity index (χ3n) is 7.89. The van der Waals surface area contributed by atoms with Crippen molar-refractivity contribution in [3.63, 3.8) is 0 Å². The lowest BCUT2D eigenvalue weighted by Gasteiger charge is -2.38. The Hall–Kier alpha value is -5.46. The normalized spacial score (nSPS) is 14.4. The molecule has 12 heteroatoms. The van der Waals surface area contributed by atoms with E-state index in [1.165, 1.54) is 33.5 Å². The number of aromatic nitrogens is 4. The van der Waals surface area contributed by atoms with Crippen LogP contribution in [0.15, 0.2) is 96.1 Å². The van der Waals surface area contributed by atoms with Crippen LogP contribution in [-0.2, 0) is 4.79 Å². The fourth-order valence-electron chi connectivity index (χ4n) is 5.22. The second-order valence-corrected chi connectivity index (χ2v) is 11.0. The molecule has 5 aromatic rings. The van der Waals surface area contributed by atoms with Gasteiger partial charge in [-0.1, -0.05) is 18.2 Å². The number of imidazole rings is 1. The van der Waals surface area contributed by atoms with Gasteiger partial charge >= 0.3 is 5.69 Å². The molecular weight excluding hydrogens is 574 g/mol. The maximum absolute atomic E-state index is 14.2. The molecule has 6 rings (SSSR count). The van der Waals surface area contributed by atoms with Crippen LogP contribution in [0.2, 0.25) is 0 Å². The monoisotopic (exact) mass is 607 g/mol. The highest BCUT2D eigenvalue weighted by Crippen LogP contribution is 2.33. The van der Waals surface area contributed by atoms with Crippen LogP contribution >= 0.6 is 0 Å². The Bertz CT molecular complexity index is 1940. The number of hydroxylamine groups is 3. The highest BCUT2D eigenvalue weighted by Gasteiger charge is 2.34. The Balaban J connectivity index is 1.37. The number of rotatable bonds is 10. The predicted molar refractivity (Wildman–Crippen MR) is 172 cm³/mol. The molecule has 12 nitrogen and oxygen atoms in total. The topological polar surface area (TPSA) is 141 Å². The minimum Gasteiger partial charge on any atom is -0.633 e. The number of ether oxygens (including phenoxy) is 2. The van der Waals surface area contributed by atoms with Crippen molar-refractivity contribution in [1.82, 2.24) is 19.1 Å². The number of nitrogens with zero attached hydrogens (tertiary/aromatic N) is 6. The summed E-state index contributed by atoms with van der Waals surface area (Å²) in [5, 5.41) is 12.6. The van der Waals surface area contributed by atoms with E-state index >= 15 is 0 Å². The molecular formula is C33H33N7O5. The summed E-state index contributed by atoms with van der Waals surface area (Å²) < 4.78 is 14.0. The SMILES string of the molecule is COc1ccc(N(C)C(=O)/C=C/C[N+](C)([O-])C2CC2)cc1-n1c(=O)n(-c2ccc(Oc3ccccc3)cc2)c2c(N)ncnc21. The lowest BCUT2D eigenvalue weighted by Crippen LogP contribution is -2.40. The highest BCUT2D eigenvalue weighted by molar-refractivity contribution is 6.01. The quantitative estimate of drug-likeness (QED) is 0.138. The number of carbonyl (C=O) groups excluding carboxylic acids is 1. The Morgan fingerprint density at radius 1 is 1.07 bits per heavy atom. The number of quaternary nitrogens is 1. The lowest BCUT2D eigenvalue weighted by molar-refractivity contribution is -0.865. The van der Waals surface area contributed by atoms with Crippen LogP contribution in [0.3, 0.4) is 0 Å². The van der Waals surface area contributed by atoms with Crippen molar-refractivity contribution < 1.29 is 18.9 Å². The van der Waals surface area contributed by atoms with Gasteiger partial charge in [-0.25, -0.2) is 19.3 Å². The van der Waals surface area contributed by atoms with Crippen molar-refractivity contribution in [2.45, 2.75) is 18.9 Å². The van der Waals surface area contributed by atoms with Gasteiger partial charge in [0, 0.05) is 31.7 Å². The van der Waals surface area contributed by atoms with E-state index in [-0.39, 0.29) is 34.6 Å². The summed E-state index contributed by atoms with van der Waals surface area (Å²) in [6.45, 7) is 0.216. The molecule has 0 radical (unpaired) electrons. The van der Waals surface area contributed by atoms with E-state index in [1.54, 1.807) is 62.6 Å². The number of carbonyl (C=O) groups is 1. The summed E-state index contributed by atoms with van der Waals surface area (Å²) >= 11 is 0. The van der Waals surface area contributed by atoms with Gasteiger partial charge in [-0.3, -0.25) is 9.36 Å². The maximum Gasteiger partial charge on any atom is 0.339 e. The molecule has 0 bridgehead atoms. The third-order valence-corrected chi connectivity index (χ3v) is 7.89. The zero-order chi connectivity index (χ0) is 31.7. The van der Waals surface area contributed by atoms with Gasteiger partial charge in [-0.15, -0.1) is 0 Å². The maximum atomic E-state index is 14.2. The predicted octanol–water partition coefficient (Wildman–Crippen LogP) is 4.58. The van der Waals surface area contributed by atoms with Gasteiger partial charge in [0.1, 0.15) is 29.1 Å². The van der Waals surface area contributed by atoms with E-state index in [1.807, 2.05) is 30.3 Å². The first-order valence-corrected chi connectivity index (χ1v) is 14.4. The van der Waals surface area contributed by atoms with Crippen LogP contribution in [0.4, 0.5) is 11.5 Å². The molecule has 230 valence electrons. The summed E-state index contributed by atoms with van der Waals surface area (Å²) in [5.74, 6) is 1.45. The molecule has 1 amide bonds. The molecule has 2 aromatic heterocycles. The zero-order valence-corrected chi connectivity index (χ0v) is 25.2. The number of para-hydroxylation sites is 1. The van der Waals surface area contributed by atoms with Gasteiger partial charge in [0.25, 0.3) is 5.91 Å². The molecule has 1 unspecified atom stereocenters. The number of fused-ring (bicyclic) bond motifs is 1. The minimum absolute atomic E-state index is 0.102. The molecule has 1 aliphatic carbocycles. The summed E-state index contributed by atoms with van der Waals surface area (Å²) in [5.41, 5.74) is 7.79. The highest BCUT2D eigenvalue weighted by atomic mass is 16.5. The Kier molecular flexibility index (Phi) is 7.83. The number of hydrogen-bond acceptors (Lipinski definition) is 8. The Labute approximate surface area is 259 Å². The van der Waals surface area contributed by atoms with Crippen molar-refractivity contribution in [1.29, 1.82) is 0 Å². The van der Waals surface area contributed by atoms with Gasteiger partial charge in [0.2, 0.25) is 0 Å². The van der Waals surface area contributed by atoms with E-state index in [0.717, 1.165) is 12.8 Å². The number of hydrogen-bond donors (Lipinski definition) is 1. The van der Waals surface area contributed by atoms with Crippen LogP contribution in [-0.4, -0.2) is 63.4 Å². The van der Waals surface area contributed by atoms with E-state index in [4.69, 9.17) is 15.2 Å². The third kappa shape index (κ3) is 5.88. The molecule has 3 aromatic carbocycles. The first kappa shape index (κ1) is 29.6. The molecule has 1 fully saturated rings. The standard InChI is InChI=1S/C33H33N7O5/c1-37(29(41)10-7-19-40(2,43)24-14-15-24)23-13-18-28(44-3)27(20-23)39-32-30(31(34)35-21-36-32)38(33(39)42)22-11-16-26(17-12-22)45-25-8-5-4-6-9-25/h4-13,16-18,20-21,24H,14-15,19H2,1-3H3,(H2,34,35,36)/b10-7+. The number of benzene rings is 3. The van der Waals surface area contributed by atoms with Crippen molar-refractivity contribution in [3.05, 3.63) is 107 Å². The van der Waals surface area contributed by atoms with E-state index < -0.39 is 5.69 Å². The van der Waals surface area contributed by atoms with Crippen molar-refractivity contribution in [3.8, 4) is 28.6 Å². The summed E-state index contributed by atoms with van der Waals surface area (Å²) in [4.78, 5) is 37.2. The van der Waals surface area contributed by atoms with Crippen molar-refractivity contribution >= 4 is 28.6 Å². The van der Waals surface area contributed by atoms with Crippen LogP contribution in [0.5, 0.6) is 17.2 Å². The number of likely N-dealkylation sites (N-methyl/N-ethyl adjacent to an activating group) is 2. The summed E-state index contributed by atoms with van der Waals surface area (Å²) in [6.07, 6.45) is 6.13. The molecule has 0 spiro atoms. The minimum atomic E-state index is -0.467. The molecule has 45 heavy (non-hydrogen) atoms. The summed E-state index contributed by atoms with van der Waals surface area (Å²) in [6, 6.07) is 21.5. The van der Waals surface area contributed by atoms with Gasteiger partial charge in [0.15, 0.2) is 11.5 Å². The largest absolute Gasteiger partial charge is 0.633 e. The number of anilines is 2. The van der Waals surface area contributed by atoms with E-state index in [2.05, 4.69) is 9.97 Å². The van der Waals surface area contributed by atoms with E-state index in [0.29, 0.717) is 39.8 Å². The molecule has 1 atom stereocenters. The first-order chi connectivity index (χ1) is 21.7.